The van der Waals surface area contributed by atoms with Gasteiger partial charge < -0.3 is 14.8 Å². The number of aryl methyl sites for hydroxylation is 2. The first-order valence-corrected chi connectivity index (χ1v) is 7.06. The van der Waals surface area contributed by atoms with Gasteiger partial charge in [-0.15, -0.1) is 0 Å². The molecule has 2 aromatic rings. The third-order valence-corrected chi connectivity index (χ3v) is 3.69. The molecule has 0 bridgehead atoms. The van der Waals surface area contributed by atoms with Crippen LogP contribution in [0.3, 0.4) is 0 Å². The van der Waals surface area contributed by atoms with Gasteiger partial charge in [-0.05, 0) is 39.0 Å². The lowest BCUT2D eigenvalue weighted by Gasteiger charge is -2.22. The maximum atomic E-state index is 10.9. The molecule has 0 amide bonds. The highest BCUT2D eigenvalue weighted by molar-refractivity contribution is 6.33. The second kappa shape index (κ2) is 5.98. The van der Waals surface area contributed by atoms with Crippen molar-refractivity contribution in [2.24, 2.45) is 0 Å². The Labute approximate surface area is 132 Å². The van der Waals surface area contributed by atoms with Gasteiger partial charge in [0.05, 0.1) is 22.2 Å². The molecule has 118 valence electrons. The molecular formula is C15H17ClN2O4. The van der Waals surface area contributed by atoms with Crippen molar-refractivity contribution >= 4 is 23.0 Å². The van der Waals surface area contributed by atoms with Crippen LogP contribution in [-0.2, 0) is 5.60 Å². The fraction of sp³-hybridized carbons (Fsp3) is 0.333. The van der Waals surface area contributed by atoms with Crippen LogP contribution in [0.2, 0.25) is 5.02 Å². The molecule has 0 aliphatic rings. The number of nitro benzene ring substituents is 1. The number of hydrogen-bond acceptors (Lipinski definition) is 5. The van der Waals surface area contributed by atoms with Gasteiger partial charge in [-0.1, -0.05) is 11.6 Å². The molecule has 1 atom stereocenters. The minimum absolute atomic E-state index is 0.0380. The predicted molar refractivity (Wildman–Crippen MR) is 84.3 cm³/mol. The van der Waals surface area contributed by atoms with E-state index in [1.165, 1.54) is 6.07 Å². The summed E-state index contributed by atoms with van der Waals surface area (Å²) in [6.07, 6.45) is 0. The van der Waals surface area contributed by atoms with Crippen molar-refractivity contribution in [1.82, 2.24) is 0 Å². The van der Waals surface area contributed by atoms with E-state index in [9.17, 15) is 15.2 Å². The summed E-state index contributed by atoms with van der Waals surface area (Å²) in [6.45, 7) is 5.19. The van der Waals surface area contributed by atoms with Crippen LogP contribution in [0.5, 0.6) is 0 Å². The second-order valence-corrected chi connectivity index (χ2v) is 5.82. The molecular weight excluding hydrogens is 308 g/mol. The number of furan rings is 1. The van der Waals surface area contributed by atoms with Gasteiger partial charge in [0, 0.05) is 11.6 Å². The first-order valence-electron chi connectivity index (χ1n) is 6.68. The molecule has 0 saturated heterocycles. The molecule has 0 aliphatic carbocycles. The fourth-order valence-electron chi connectivity index (χ4n) is 2.08. The molecule has 2 rings (SSSR count). The minimum atomic E-state index is -1.23. The van der Waals surface area contributed by atoms with Crippen molar-refractivity contribution in [2.45, 2.75) is 26.4 Å². The molecule has 0 radical (unpaired) electrons. The Morgan fingerprint density at radius 2 is 2.09 bits per heavy atom. The van der Waals surface area contributed by atoms with E-state index in [1.54, 1.807) is 39.0 Å². The Morgan fingerprint density at radius 1 is 1.41 bits per heavy atom. The summed E-state index contributed by atoms with van der Waals surface area (Å²) in [5, 5.41) is 24.5. The molecule has 0 fully saturated rings. The normalized spacial score (nSPS) is 13.7. The number of benzene rings is 1. The number of aliphatic hydroxyl groups is 1. The number of hydrogen-bond donors (Lipinski definition) is 2. The average molecular weight is 325 g/mol. The van der Waals surface area contributed by atoms with Crippen molar-refractivity contribution in [1.29, 1.82) is 0 Å². The third-order valence-electron chi connectivity index (χ3n) is 3.38. The zero-order chi connectivity index (χ0) is 16.5. The van der Waals surface area contributed by atoms with Crippen LogP contribution in [0.15, 0.2) is 28.7 Å². The van der Waals surface area contributed by atoms with E-state index in [2.05, 4.69) is 5.32 Å². The number of nitro groups is 1. The van der Waals surface area contributed by atoms with E-state index in [0.29, 0.717) is 22.8 Å². The number of anilines is 1. The van der Waals surface area contributed by atoms with Crippen LogP contribution in [-0.4, -0.2) is 16.6 Å². The van der Waals surface area contributed by atoms with Gasteiger partial charge in [0.2, 0.25) is 0 Å². The largest absolute Gasteiger partial charge is 0.463 e. The molecule has 6 nitrogen and oxygen atoms in total. The number of rotatable bonds is 5. The van der Waals surface area contributed by atoms with E-state index < -0.39 is 10.5 Å². The standard InChI is InChI=1S/C15H17ClN2O4/c1-9-6-12(11(16)7-13(9)18(20)21)17-8-15(3,19)14-5-4-10(2)22-14/h4-7,17,19H,8H2,1-3H3. The van der Waals surface area contributed by atoms with Gasteiger partial charge in [-0.3, -0.25) is 10.1 Å². The smallest absolute Gasteiger partial charge is 0.273 e. The van der Waals surface area contributed by atoms with Crippen molar-refractivity contribution in [2.75, 3.05) is 11.9 Å². The van der Waals surface area contributed by atoms with Crippen LogP contribution < -0.4 is 5.32 Å². The Balaban J connectivity index is 2.18. The van der Waals surface area contributed by atoms with Gasteiger partial charge in [0.25, 0.3) is 5.69 Å². The highest BCUT2D eigenvalue weighted by Gasteiger charge is 2.27. The number of nitrogens with zero attached hydrogens (tertiary/aromatic N) is 1. The van der Waals surface area contributed by atoms with Gasteiger partial charge in [-0.25, -0.2) is 0 Å². The summed E-state index contributed by atoms with van der Waals surface area (Å²) in [6, 6.07) is 6.36. The summed E-state index contributed by atoms with van der Waals surface area (Å²) in [5.74, 6) is 1.15. The van der Waals surface area contributed by atoms with E-state index >= 15 is 0 Å². The lowest BCUT2D eigenvalue weighted by atomic mass is 10.0. The Morgan fingerprint density at radius 3 is 2.64 bits per heavy atom. The SMILES string of the molecule is Cc1ccc(C(C)(O)CNc2cc(C)c([N+](=O)[O-])cc2Cl)o1. The van der Waals surface area contributed by atoms with Crippen LogP contribution in [0.1, 0.15) is 24.0 Å². The maximum absolute atomic E-state index is 10.9. The van der Waals surface area contributed by atoms with Crippen LogP contribution >= 0.6 is 11.6 Å². The molecule has 0 aliphatic heterocycles. The molecule has 0 saturated carbocycles. The second-order valence-electron chi connectivity index (χ2n) is 5.41. The Kier molecular flexibility index (Phi) is 4.44. The monoisotopic (exact) mass is 324 g/mol. The molecule has 1 aromatic carbocycles. The van der Waals surface area contributed by atoms with E-state index in [1.807, 2.05) is 0 Å². The molecule has 1 heterocycles. The van der Waals surface area contributed by atoms with E-state index in [-0.39, 0.29) is 17.3 Å². The first-order chi connectivity index (χ1) is 10.2. The number of nitrogens with one attached hydrogen (secondary N) is 1. The predicted octanol–water partition coefficient (Wildman–Crippen LogP) is 3.78. The summed E-state index contributed by atoms with van der Waals surface area (Å²) < 4.78 is 5.43. The lowest BCUT2D eigenvalue weighted by molar-refractivity contribution is -0.385. The molecule has 0 spiro atoms. The maximum Gasteiger partial charge on any atom is 0.273 e. The Hall–Kier alpha value is -2.05. The fourth-order valence-corrected chi connectivity index (χ4v) is 2.31. The molecule has 1 aromatic heterocycles. The quantitative estimate of drug-likeness (QED) is 0.645. The van der Waals surface area contributed by atoms with E-state index in [4.69, 9.17) is 16.0 Å². The van der Waals surface area contributed by atoms with Gasteiger partial charge >= 0.3 is 0 Å². The highest BCUT2D eigenvalue weighted by atomic mass is 35.5. The topological polar surface area (TPSA) is 88.5 Å². The van der Waals surface area contributed by atoms with Crippen molar-refractivity contribution < 1.29 is 14.4 Å². The Bertz CT molecular complexity index is 710. The third kappa shape index (κ3) is 3.40. The number of halogens is 1. The van der Waals surface area contributed by atoms with Crippen molar-refractivity contribution in [3.05, 3.63) is 56.5 Å². The van der Waals surface area contributed by atoms with Crippen LogP contribution in [0, 0.1) is 24.0 Å². The minimum Gasteiger partial charge on any atom is -0.463 e. The highest BCUT2D eigenvalue weighted by Crippen LogP contribution is 2.31. The molecule has 1 unspecified atom stereocenters. The molecule has 7 heteroatoms. The summed E-state index contributed by atoms with van der Waals surface area (Å²) in [7, 11) is 0. The van der Waals surface area contributed by atoms with Crippen molar-refractivity contribution in [3.8, 4) is 0 Å². The summed E-state index contributed by atoms with van der Waals surface area (Å²) in [5.41, 5.74) is -0.254. The van der Waals surface area contributed by atoms with Crippen molar-refractivity contribution in [3.63, 3.8) is 0 Å². The van der Waals surface area contributed by atoms with Crippen LogP contribution in [0.4, 0.5) is 11.4 Å². The summed E-state index contributed by atoms with van der Waals surface area (Å²) in [4.78, 5) is 10.4. The van der Waals surface area contributed by atoms with Gasteiger partial charge in [0.1, 0.15) is 17.1 Å². The first kappa shape index (κ1) is 16.3. The van der Waals surface area contributed by atoms with E-state index in [0.717, 1.165) is 0 Å². The van der Waals surface area contributed by atoms with Gasteiger partial charge in [-0.2, -0.15) is 0 Å². The van der Waals surface area contributed by atoms with Crippen LogP contribution in [0.25, 0.3) is 0 Å². The zero-order valence-electron chi connectivity index (χ0n) is 12.5. The zero-order valence-corrected chi connectivity index (χ0v) is 13.3. The lowest BCUT2D eigenvalue weighted by Crippen LogP contribution is -2.30. The molecule has 2 N–H and O–H groups in total. The average Bonchev–Trinajstić information content (AvgIpc) is 2.86. The molecule has 22 heavy (non-hydrogen) atoms. The summed E-state index contributed by atoms with van der Waals surface area (Å²) >= 11 is 6.05. The van der Waals surface area contributed by atoms with Gasteiger partial charge in [0.15, 0.2) is 0 Å².